The third kappa shape index (κ3) is 6.75. The van der Waals surface area contributed by atoms with Gasteiger partial charge >= 0.3 is 17.9 Å². The van der Waals surface area contributed by atoms with Crippen LogP contribution in [0.25, 0.3) is 0 Å². The van der Waals surface area contributed by atoms with Gasteiger partial charge in [0.05, 0.1) is 12.8 Å². The van der Waals surface area contributed by atoms with Crippen LogP contribution in [0, 0.1) is 0 Å². The summed E-state index contributed by atoms with van der Waals surface area (Å²) in [6.07, 6.45) is -2.08. The number of nitrogens with two attached hydrogens (primary N) is 1. The molecular formula is C8H17N3O7. The highest BCUT2D eigenvalue weighted by Crippen LogP contribution is 2.16. The first-order valence-corrected chi connectivity index (χ1v) is 4.62. The maximum Gasteiger partial charge on any atom is 0.336 e. The Balaban J connectivity index is 0. The second kappa shape index (κ2) is 8.36. The summed E-state index contributed by atoms with van der Waals surface area (Å²) in [6.45, 7) is 0.335. The first-order chi connectivity index (χ1) is 7.81. The molecule has 0 spiro atoms. The van der Waals surface area contributed by atoms with Crippen molar-refractivity contribution in [3.05, 3.63) is 0 Å². The summed E-state index contributed by atoms with van der Waals surface area (Å²) in [7, 11) is 0. The van der Waals surface area contributed by atoms with E-state index in [-0.39, 0.29) is 19.2 Å². The third-order valence-electron chi connectivity index (χ3n) is 1.71. The van der Waals surface area contributed by atoms with Crippen LogP contribution in [0.4, 0.5) is 0 Å². The summed E-state index contributed by atoms with van der Waals surface area (Å²) in [4.78, 5) is 36.4. The van der Waals surface area contributed by atoms with Gasteiger partial charge in [-0.2, -0.15) is 5.48 Å². The van der Waals surface area contributed by atoms with Gasteiger partial charge in [-0.1, -0.05) is 0 Å². The number of aliphatic hydroxyl groups is 1. The molecule has 0 aliphatic carbocycles. The Kier molecular flexibility index (Phi) is 8.64. The molecule has 0 saturated heterocycles. The molecule has 0 amide bonds. The van der Waals surface area contributed by atoms with Crippen molar-refractivity contribution in [3.8, 4) is 0 Å². The predicted molar refractivity (Wildman–Crippen MR) is 57.6 cm³/mol. The van der Waals surface area contributed by atoms with Crippen LogP contribution in [-0.4, -0.2) is 51.9 Å². The van der Waals surface area contributed by atoms with E-state index in [0.29, 0.717) is 0 Å². The lowest BCUT2D eigenvalue weighted by Crippen LogP contribution is -2.44. The number of hydroxylamine groups is 1. The van der Waals surface area contributed by atoms with E-state index in [1.165, 1.54) is 0 Å². The number of carboxylic acid groups (broad SMARTS) is 2. The lowest BCUT2D eigenvalue weighted by Gasteiger charge is -2.19. The minimum Gasteiger partial charge on any atom is -0.481 e. The normalized spacial score (nSPS) is 13.0. The van der Waals surface area contributed by atoms with Gasteiger partial charge < -0.3 is 32.0 Å². The second-order valence-electron chi connectivity index (χ2n) is 3.24. The van der Waals surface area contributed by atoms with Gasteiger partial charge in [0.1, 0.15) is 0 Å². The van der Waals surface area contributed by atoms with Crippen molar-refractivity contribution in [3.63, 3.8) is 0 Å². The predicted octanol–water partition coefficient (Wildman–Crippen LogP) is -2.16. The topological polar surface area (TPSA) is 194 Å². The minimum atomic E-state index is -2.69. The van der Waals surface area contributed by atoms with E-state index in [1.807, 2.05) is 0 Å². The number of nitrogens with one attached hydrogen (secondary N) is 1. The van der Waals surface area contributed by atoms with Crippen LogP contribution >= 0.6 is 0 Å². The molecule has 0 aromatic carbocycles. The summed E-state index contributed by atoms with van der Waals surface area (Å²) < 4.78 is 0. The van der Waals surface area contributed by atoms with Gasteiger partial charge in [-0.3, -0.25) is 9.59 Å². The van der Waals surface area contributed by atoms with Crippen molar-refractivity contribution in [2.75, 3.05) is 13.1 Å². The van der Waals surface area contributed by atoms with E-state index in [0.717, 1.165) is 0 Å². The molecule has 18 heavy (non-hydrogen) atoms. The highest BCUT2D eigenvalue weighted by molar-refractivity contribution is 5.88. The molecule has 0 radical (unpaired) electrons. The second-order valence-corrected chi connectivity index (χ2v) is 3.24. The Labute approximate surface area is 102 Å². The van der Waals surface area contributed by atoms with E-state index in [2.05, 4.69) is 10.3 Å². The quantitative estimate of drug-likeness (QED) is 0.208. The summed E-state index contributed by atoms with van der Waals surface area (Å²) in [5.41, 5.74) is 4.52. The maximum absolute atomic E-state index is 11.1. The summed E-state index contributed by atoms with van der Waals surface area (Å²) >= 11 is 0. The summed E-state index contributed by atoms with van der Waals surface area (Å²) in [6, 6.07) is 0. The first kappa shape index (κ1) is 18.6. The van der Waals surface area contributed by atoms with E-state index < -0.39 is 36.4 Å². The number of carbonyl (C=O) groups is 3. The number of rotatable bonds is 8. The van der Waals surface area contributed by atoms with E-state index in [9.17, 15) is 19.5 Å². The Morgan fingerprint density at radius 1 is 1.22 bits per heavy atom. The summed E-state index contributed by atoms with van der Waals surface area (Å²) in [5.74, 6) is -4.45. The van der Waals surface area contributed by atoms with Crippen LogP contribution in [0.15, 0.2) is 0 Å². The average Bonchev–Trinajstić information content (AvgIpc) is 2.16. The molecule has 1 atom stereocenters. The molecule has 0 aromatic heterocycles. The zero-order chi connectivity index (χ0) is 13.5. The minimum absolute atomic E-state index is 0. The smallest absolute Gasteiger partial charge is 0.336 e. The fraction of sp³-hybridized carbons (Fsp3) is 0.625. The Hall–Kier alpha value is -1.75. The third-order valence-corrected chi connectivity index (χ3v) is 1.71. The van der Waals surface area contributed by atoms with Gasteiger partial charge in [0.25, 0.3) is 0 Å². The lowest BCUT2D eigenvalue weighted by atomic mass is 9.96. The molecule has 106 valence electrons. The first-order valence-electron chi connectivity index (χ1n) is 4.62. The van der Waals surface area contributed by atoms with Crippen molar-refractivity contribution in [1.29, 1.82) is 0 Å². The van der Waals surface area contributed by atoms with E-state index in [4.69, 9.17) is 15.9 Å². The SMILES string of the molecule is N.NCCNOC(=O)CC(O)(CC(=O)O)C(=O)O. The zero-order valence-electron chi connectivity index (χ0n) is 9.59. The number of carboxylic acids is 2. The molecule has 0 aromatic rings. The van der Waals surface area contributed by atoms with Gasteiger partial charge in [-0.25, -0.2) is 4.79 Å². The van der Waals surface area contributed by atoms with Crippen molar-refractivity contribution in [2.24, 2.45) is 5.73 Å². The number of hydrogen-bond acceptors (Lipinski definition) is 8. The van der Waals surface area contributed by atoms with Gasteiger partial charge in [-0.05, 0) is 0 Å². The Morgan fingerprint density at radius 2 is 1.78 bits per heavy atom. The summed E-state index contributed by atoms with van der Waals surface area (Å²) in [5, 5.41) is 26.5. The standard InChI is InChI=1S/C8H14N2O7.H3N/c9-1-2-10-17-6(13)4-8(16,7(14)15)3-5(11)12;/h10,16H,1-4,9H2,(H,11,12)(H,14,15);1H3. The van der Waals surface area contributed by atoms with Crippen LogP contribution in [0.1, 0.15) is 12.8 Å². The molecule has 9 N–H and O–H groups in total. The molecule has 0 bridgehead atoms. The van der Waals surface area contributed by atoms with Gasteiger partial charge in [0.15, 0.2) is 5.60 Å². The van der Waals surface area contributed by atoms with Crippen molar-refractivity contribution in [1.82, 2.24) is 11.6 Å². The molecule has 10 heteroatoms. The van der Waals surface area contributed by atoms with Crippen LogP contribution < -0.4 is 17.4 Å². The highest BCUT2D eigenvalue weighted by Gasteiger charge is 2.41. The number of hydrogen-bond donors (Lipinski definition) is 6. The molecule has 0 aliphatic rings. The molecule has 0 heterocycles. The number of carbonyl (C=O) groups excluding carboxylic acids is 1. The lowest BCUT2D eigenvalue weighted by molar-refractivity contribution is -0.174. The van der Waals surface area contributed by atoms with Gasteiger partial charge in [-0.15, -0.1) is 0 Å². The molecule has 0 saturated carbocycles. The fourth-order valence-corrected chi connectivity index (χ4v) is 0.929. The Bertz CT molecular complexity index is 309. The molecular weight excluding hydrogens is 250 g/mol. The zero-order valence-corrected chi connectivity index (χ0v) is 9.59. The molecule has 0 aliphatic heterocycles. The largest absolute Gasteiger partial charge is 0.481 e. The van der Waals surface area contributed by atoms with Crippen molar-refractivity contribution >= 4 is 17.9 Å². The highest BCUT2D eigenvalue weighted by atomic mass is 16.7. The monoisotopic (exact) mass is 267 g/mol. The number of aliphatic carboxylic acids is 2. The van der Waals surface area contributed by atoms with Gasteiger partial charge in [0.2, 0.25) is 0 Å². The molecule has 0 fully saturated rings. The van der Waals surface area contributed by atoms with Crippen LogP contribution in [0.3, 0.4) is 0 Å². The Morgan fingerprint density at radius 3 is 2.17 bits per heavy atom. The van der Waals surface area contributed by atoms with E-state index >= 15 is 0 Å². The van der Waals surface area contributed by atoms with Crippen LogP contribution in [-0.2, 0) is 19.2 Å². The van der Waals surface area contributed by atoms with Crippen molar-refractivity contribution in [2.45, 2.75) is 18.4 Å². The average molecular weight is 267 g/mol. The fourth-order valence-electron chi connectivity index (χ4n) is 0.929. The van der Waals surface area contributed by atoms with Crippen LogP contribution in [0.5, 0.6) is 0 Å². The van der Waals surface area contributed by atoms with E-state index in [1.54, 1.807) is 0 Å². The maximum atomic E-state index is 11.1. The molecule has 0 rings (SSSR count). The van der Waals surface area contributed by atoms with Crippen molar-refractivity contribution < 1.29 is 34.5 Å². The molecule has 1 unspecified atom stereocenters. The van der Waals surface area contributed by atoms with Gasteiger partial charge in [0, 0.05) is 13.1 Å². The molecule has 10 nitrogen and oxygen atoms in total. The van der Waals surface area contributed by atoms with Crippen LogP contribution in [0.2, 0.25) is 0 Å².